The van der Waals surface area contributed by atoms with E-state index in [0.29, 0.717) is 17.1 Å². The van der Waals surface area contributed by atoms with Gasteiger partial charge in [-0.1, -0.05) is 30.3 Å². The number of carbonyl (C=O) groups is 1. The molecule has 4 N–H and O–H groups in total. The lowest BCUT2D eigenvalue weighted by atomic mass is 9.99. The van der Waals surface area contributed by atoms with Gasteiger partial charge in [0.15, 0.2) is 12.4 Å². The second-order valence-corrected chi connectivity index (χ2v) is 6.11. The number of carboxylic acid groups (broad SMARTS) is 1. The van der Waals surface area contributed by atoms with Crippen LogP contribution in [0.25, 0.3) is 0 Å². The summed E-state index contributed by atoms with van der Waals surface area (Å²) in [5.41, 5.74) is 0.687. The molecule has 0 saturated carbocycles. The molecule has 1 heterocycles. The van der Waals surface area contributed by atoms with Crippen molar-refractivity contribution in [3.8, 4) is 11.5 Å². The summed E-state index contributed by atoms with van der Waals surface area (Å²) in [6, 6.07) is 16.2. The summed E-state index contributed by atoms with van der Waals surface area (Å²) in [5.74, 6) is -0.213. The first-order valence-electron chi connectivity index (χ1n) is 8.31. The number of aliphatic carboxylic acids is 1. The van der Waals surface area contributed by atoms with E-state index in [0.717, 1.165) is 0 Å². The smallest absolute Gasteiger partial charge is 0.335 e. The Labute approximate surface area is 155 Å². The summed E-state index contributed by atoms with van der Waals surface area (Å²) >= 11 is 0. The van der Waals surface area contributed by atoms with Crippen LogP contribution in [0.3, 0.4) is 0 Å². The maximum absolute atomic E-state index is 11.1. The number of benzene rings is 2. The number of rotatable bonds is 6. The Bertz CT molecular complexity index is 765. The molecular weight excluding hydrogens is 356 g/mol. The van der Waals surface area contributed by atoms with Crippen LogP contribution in [0.4, 0.5) is 0 Å². The van der Waals surface area contributed by atoms with E-state index in [2.05, 4.69) is 0 Å². The minimum atomic E-state index is -1.75. The van der Waals surface area contributed by atoms with Crippen LogP contribution >= 0.6 is 0 Å². The van der Waals surface area contributed by atoms with E-state index in [-0.39, 0.29) is 6.61 Å². The summed E-state index contributed by atoms with van der Waals surface area (Å²) in [5, 5.41) is 38.5. The standard InChI is InChI=1S/C19H20O8/c20-14-15(21)17(18(23)24)27-19(16(14)22)25-10-11-5-4-8-13(9-11)26-12-6-2-1-3-7-12/h1-9,14-17,19-22H,10H2,(H,23,24)/t14-,15-,16+,17-,19+/m0/s1. The third kappa shape index (κ3) is 4.62. The molecule has 1 aliphatic rings. The molecule has 1 saturated heterocycles. The zero-order valence-corrected chi connectivity index (χ0v) is 14.2. The minimum absolute atomic E-state index is 0.0249. The van der Waals surface area contributed by atoms with E-state index in [1.807, 2.05) is 30.3 Å². The molecule has 0 spiro atoms. The molecule has 5 atom stereocenters. The summed E-state index contributed by atoms with van der Waals surface area (Å²) in [7, 11) is 0. The van der Waals surface area contributed by atoms with Gasteiger partial charge in [-0.15, -0.1) is 0 Å². The van der Waals surface area contributed by atoms with E-state index in [9.17, 15) is 20.1 Å². The predicted octanol–water partition coefficient (Wildman–Crippen LogP) is 0.888. The average molecular weight is 376 g/mol. The van der Waals surface area contributed by atoms with Crippen molar-refractivity contribution in [2.24, 2.45) is 0 Å². The Morgan fingerprint density at radius 3 is 2.33 bits per heavy atom. The van der Waals surface area contributed by atoms with Gasteiger partial charge in [-0.25, -0.2) is 4.79 Å². The van der Waals surface area contributed by atoms with Crippen molar-refractivity contribution >= 4 is 5.97 Å². The molecule has 2 aromatic rings. The highest BCUT2D eigenvalue weighted by Crippen LogP contribution is 2.25. The number of ether oxygens (including phenoxy) is 3. The molecule has 1 aliphatic heterocycles. The van der Waals surface area contributed by atoms with E-state index in [1.165, 1.54) is 0 Å². The lowest BCUT2D eigenvalue weighted by Crippen LogP contribution is -2.60. The second-order valence-electron chi connectivity index (χ2n) is 6.11. The van der Waals surface area contributed by atoms with Crippen molar-refractivity contribution in [1.82, 2.24) is 0 Å². The van der Waals surface area contributed by atoms with Gasteiger partial charge >= 0.3 is 5.97 Å². The minimum Gasteiger partial charge on any atom is -0.479 e. The van der Waals surface area contributed by atoms with Gasteiger partial charge in [0.25, 0.3) is 0 Å². The van der Waals surface area contributed by atoms with Crippen LogP contribution in [0.1, 0.15) is 5.56 Å². The van der Waals surface area contributed by atoms with Crippen molar-refractivity contribution < 1.29 is 39.4 Å². The molecule has 0 unspecified atom stereocenters. The van der Waals surface area contributed by atoms with Gasteiger partial charge in [0.1, 0.15) is 29.8 Å². The maximum atomic E-state index is 11.1. The van der Waals surface area contributed by atoms with Crippen LogP contribution in [0.15, 0.2) is 54.6 Å². The van der Waals surface area contributed by atoms with Gasteiger partial charge in [-0.2, -0.15) is 0 Å². The summed E-state index contributed by atoms with van der Waals surface area (Å²) in [4.78, 5) is 11.1. The highest BCUT2D eigenvalue weighted by atomic mass is 16.7. The molecule has 3 rings (SSSR count). The maximum Gasteiger partial charge on any atom is 0.335 e. The summed E-state index contributed by atoms with van der Waals surface area (Å²) < 4.78 is 16.2. The molecule has 144 valence electrons. The van der Waals surface area contributed by atoms with Crippen LogP contribution in [0.2, 0.25) is 0 Å². The third-order valence-electron chi connectivity index (χ3n) is 4.10. The van der Waals surface area contributed by atoms with E-state index < -0.39 is 36.7 Å². The highest BCUT2D eigenvalue weighted by Gasteiger charge is 2.47. The molecule has 0 aliphatic carbocycles. The Kier molecular flexibility index (Phi) is 6.04. The number of carboxylic acids is 1. The molecule has 8 nitrogen and oxygen atoms in total. The highest BCUT2D eigenvalue weighted by molar-refractivity contribution is 5.73. The quantitative estimate of drug-likeness (QED) is 0.586. The molecule has 0 aromatic heterocycles. The number of aliphatic hydroxyl groups excluding tert-OH is 3. The zero-order valence-electron chi connectivity index (χ0n) is 14.2. The Morgan fingerprint density at radius 1 is 0.926 bits per heavy atom. The van der Waals surface area contributed by atoms with Crippen LogP contribution in [0, 0.1) is 0 Å². The van der Waals surface area contributed by atoms with Crippen molar-refractivity contribution in [3.63, 3.8) is 0 Å². The summed E-state index contributed by atoms with van der Waals surface area (Å²) in [6.07, 6.45) is -8.12. The zero-order chi connectivity index (χ0) is 19.4. The summed E-state index contributed by atoms with van der Waals surface area (Å²) in [6.45, 7) is -0.0249. The van der Waals surface area contributed by atoms with Crippen LogP contribution < -0.4 is 4.74 Å². The number of hydrogen-bond donors (Lipinski definition) is 4. The van der Waals surface area contributed by atoms with Crippen molar-refractivity contribution in [2.45, 2.75) is 37.3 Å². The monoisotopic (exact) mass is 376 g/mol. The average Bonchev–Trinajstić information content (AvgIpc) is 2.66. The molecule has 1 fully saturated rings. The first-order chi connectivity index (χ1) is 13.0. The van der Waals surface area contributed by atoms with Crippen molar-refractivity contribution in [2.75, 3.05) is 0 Å². The molecule has 0 radical (unpaired) electrons. The van der Waals surface area contributed by atoms with Crippen LogP contribution in [-0.4, -0.2) is 57.1 Å². The second kappa shape index (κ2) is 8.47. The van der Waals surface area contributed by atoms with Crippen molar-refractivity contribution in [1.29, 1.82) is 0 Å². The molecular formula is C19H20O8. The SMILES string of the molecule is O=C(O)[C@H]1O[C@@H](OCc2cccc(Oc3ccccc3)c2)[C@H](O)[C@@H](O)[C@@H]1O. The van der Waals surface area contributed by atoms with Gasteiger partial charge in [0.05, 0.1) is 6.61 Å². The van der Waals surface area contributed by atoms with Gasteiger partial charge in [-0.05, 0) is 29.8 Å². The number of hydrogen-bond acceptors (Lipinski definition) is 7. The fraction of sp³-hybridized carbons (Fsp3) is 0.316. The first kappa shape index (κ1) is 19.3. The topological polar surface area (TPSA) is 126 Å². The Hall–Kier alpha value is -2.49. The van der Waals surface area contributed by atoms with E-state index in [1.54, 1.807) is 24.3 Å². The molecule has 2 aromatic carbocycles. The van der Waals surface area contributed by atoms with Crippen LogP contribution in [-0.2, 0) is 20.9 Å². The number of para-hydroxylation sites is 1. The molecule has 27 heavy (non-hydrogen) atoms. The largest absolute Gasteiger partial charge is 0.479 e. The van der Waals surface area contributed by atoms with Gasteiger partial charge in [0, 0.05) is 0 Å². The normalized spacial score (nSPS) is 27.9. The van der Waals surface area contributed by atoms with E-state index in [4.69, 9.17) is 19.3 Å². The predicted molar refractivity (Wildman–Crippen MR) is 92.1 cm³/mol. The Balaban J connectivity index is 1.64. The lowest BCUT2D eigenvalue weighted by molar-refractivity contribution is -0.297. The fourth-order valence-electron chi connectivity index (χ4n) is 2.69. The number of aliphatic hydroxyl groups is 3. The molecule has 0 bridgehead atoms. The molecule has 8 heteroatoms. The van der Waals surface area contributed by atoms with Crippen molar-refractivity contribution in [3.05, 3.63) is 60.2 Å². The first-order valence-corrected chi connectivity index (χ1v) is 8.31. The third-order valence-corrected chi connectivity index (χ3v) is 4.10. The molecule has 0 amide bonds. The van der Waals surface area contributed by atoms with Gasteiger partial charge in [-0.3, -0.25) is 0 Å². The van der Waals surface area contributed by atoms with Crippen LogP contribution in [0.5, 0.6) is 11.5 Å². The van der Waals surface area contributed by atoms with Gasteiger partial charge < -0.3 is 34.6 Å². The van der Waals surface area contributed by atoms with E-state index >= 15 is 0 Å². The van der Waals surface area contributed by atoms with Gasteiger partial charge in [0.2, 0.25) is 0 Å². The Morgan fingerprint density at radius 2 is 1.63 bits per heavy atom. The fourth-order valence-corrected chi connectivity index (χ4v) is 2.69. The lowest BCUT2D eigenvalue weighted by Gasteiger charge is -2.38.